The molecule has 15 heavy (non-hydrogen) atoms. The van der Waals surface area contributed by atoms with Crippen LogP contribution in [0.5, 0.6) is 0 Å². The Morgan fingerprint density at radius 3 is 2.20 bits per heavy atom. The molecule has 1 aromatic carbocycles. The number of benzene rings is 1. The van der Waals surface area contributed by atoms with E-state index in [1.54, 1.807) is 12.1 Å². The van der Waals surface area contributed by atoms with Crippen LogP contribution in [0, 0.1) is 0 Å². The van der Waals surface area contributed by atoms with Gasteiger partial charge in [-0.2, -0.15) is 8.42 Å². The van der Waals surface area contributed by atoms with Crippen molar-refractivity contribution in [1.29, 1.82) is 0 Å². The molecule has 0 saturated carbocycles. The van der Waals surface area contributed by atoms with Crippen molar-refractivity contribution in [1.82, 2.24) is 0 Å². The second kappa shape index (κ2) is 4.74. The SMILES string of the molecule is CC(CCO)c1ccc(S(=O)(=O)O)cc1. The summed E-state index contributed by atoms with van der Waals surface area (Å²) in [7, 11) is -4.11. The highest BCUT2D eigenvalue weighted by molar-refractivity contribution is 7.85. The van der Waals surface area contributed by atoms with E-state index < -0.39 is 10.1 Å². The molecule has 1 aromatic rings. The molecule has 0 aromatic heterocycles. The lowest BCUT2D eigenvalue weighted by Crippen LogP contribution is -2.00. The van der Waals surface area contributed by atoms with Gasteiger partial charge >= 0.3 is 0 Å². The fraction of sp³-hybridized carbons (Fsp3) is 0.400. The average molecular weight is 230 g/mol. The molecule has 4 nitrogen and oxygen atoms in total. The number of rotatable bonds is 4. The minimum absolute atomic E-state index is 0.0984. The van der Waals surface area contributed by atoms with Gasteiger partial charge in [-0.3, -0.25) is 4.55 Å². The lowest BCUT2D eigenvalue weighted by Gasteiger charge is -2.09. The van der Waals surface area contributed by atoms with Crippen LogP contribution in [-0.2, 0) is 10.1 Å². The summed E-state index contributed by atoms with van der Waals surface area (Å²) < 4.78 is 30.3. The molecule has 2 N–H and O–H groups in total. The average Bonchev–Trinajstić information content (AvgIpc) is 2.17. The van der Waals surface area contributed by atoms with Crippen LogP contribution in [-0.4, -0.2) is 24.7 Å². The molecule has 0 heterocycles. The summed E-state index contributed by atoms with van der Waals surface area (Å²) in [5.41, 5.74) is 0.941. The molecule has 84 valence electrons. The number of hydrogen-bond donors (Lipinski definition) is 2. The van der Waals surface area contributed by atoms with Crippen molar-refractivity contribution in [3.8, 4) is 0 Å². The predicted octanol–water partition coefficient (Wildman–Crippen LogP) is 1.42. The standard InChI is InChI=1S/C10H14O4S/c1-8(6-7-11)9-2-4-10(5-3-9)15(12,13)14/h2-5,8,11H,6-7H2,1H3,(H,12,13,14). The van der Waals surface area contributed by atoms with Crippen LogP contribution in [0.2, 0.25) is 0 Å². The van der Waals surface area contributed by atoms with Gasteiger partial charge in [-0.1, -0.05) is 19.1 Å². The highest BCUT2D eigenvalue weighted by Crippen LogP contribution is 2.20. The zero-order valence-corrected chi connectivity index (χ0v) is 9.24. The summed E-state index contributed by atoms with van der Waals surface area (Å²) in [4.78, 5) is -0.109. The van der Waals surface area contributed by atoms with Crippen molar-refractivity contribution in [2.24, 2.45) is 0 Å². The summed E-state index contributed by atoms with van der Waals surface area (Å²) in [5.74, 6) is 0.172. The van der Waals surface area contributed by atoms with Crippen LogP contribution in [0.25, 0.3) is 0 Å². The first kappa shape index (κ1) is 12.2. The molecule has 1 atom stereocenters. The second-order valence-corrected chi connectivity index (χ2v) is 4.88. The lowest BCUT2D eigenvalue weighted by atomic mass is 9.98. The maximum absolute atomic E-state index is 10.8. The van der Waals surface area contributed by atoms with Gasteiger partial charge in [0.25, 0.3) is 10.1 Å². The number of hydrogen-bond acceptors (Lipinski definition) is 3. The maximum atomic E-state index is 10.8. The van der Waals surface area contributed by atoms with Crippen LogP contribution in [0.3, 0.4) is 0 Å². The van der Waals surface area contributed by atoms with E-state index in [9.17, 15) is 8.42 Å². The Hall–Kier alpha value is -0.910. The van der Waals surface area contributed by atoms with E-state index >= 15 is 0 Å². The Morgan fingerprint density at radius 1 is 1.27 bits per heavy atom. The lowest BCUT2D eigenvalue weighted by molar-refractivity contribution is 0.278. The molecule has 0 bridgehead atoms. The first-order chi connectivity index (χ1) is 6.95. The van der Waals surface area contributed by atoms with Crippen LogP contribution in [0.15, 0.2) is 29.2 Å². The highest BCUT2D eigenvalue weighted by Gasteiger charge is 2.10. The predicted molar refractivity (Wildman–Crippen MR) is 56.4 cm³/mol. The van der Waals surface area contributed by atoms with Gasteiger partial charge in [-0.05, 0) is 30.0 Å². The Bertz CT molecular complexity index is 408. The first-order valence-corrected chi connectivity index (χ1v) is 6.07. The normalized spacial score (nSPS) is 13.8. The fourth-order valence-corrected chi connectivity index (χ4v) is 1.81. The van der Waals surface area contributed by atoms with Crippen molar-refractivity contribution in [3.63, 3.8) is 0 Å². The van der Waals surface area contributed by atoms with E-state index in [1.165, 1.54) is 12.1 Å². The maximum Gasteiger partial charge on any atom is 0.294 e. The smallest absolute Gasteiger partial charge is 0.294 e. The minimum Gasteiger partial charge on any atom is -0.396 e. The van der Waals surface area contributed by atoms with Crippen molar-refractivity contribution >= 4 is 10.1 Å². The number of aliphatic hydroxyl groups excluding tert-OH is 1. The Balaban J connectivity index is 2.90. The van der Waals surface area contributed by atoms with Gasteiger partial charge < -0.3 is 5.11 Å². The highest BCUT2D eigenvalue weighted by atomic mass is 32.2. The van der Waals surface area contributed by atoms with Gasteiger partial charge in [0.05, 0.1) is 4.90 Å². The molecule has 0 fully saturated rings. The molecule has 1 unspecified atom stereocenters. The van der Waals surface area contributed by atoms with Gasteiger partial charge in [0.15, 0.2) is 0 Å². The van der Waals surface area contributed by atoms with Gasteiger partial charge in [-0.15, -0.1) is 0 Å². The monoisotopic (exact) mass is 230 g/mol. The van der Waals surface area contributed by atoms with E-state index in [-0.39, 0.29) is 17.4 Å². The van der Waals surface area contributed by atoms with E-state index in [0.717, 1.165) is 5.56 Å². The van der Waals surface area contributed by atoms with E-state index in [2.05, 4.69) is 0 Å². The largest absolute Gasteiger partial charge is 0.396 e. The third-order valence-corrected chi connectivity index (χ3v) is 3.18. The molecular weight excluding hydrogens is 216 g/mol. The Morgan fingerprint density at radius 2 is 1.80 bits per heavy atom. The summed E-state index contributed by atoms with van der Waals surface area (Å²) in [6.07, 6.45) is 0.630. The fourth-order valence-electron chi connectivity index (χ4n) is 1.33. The Kier molecular flexibility index (Phi) is 3.84. The quantitative estimate of drug-likeness (QED) is 0.767. The van der Waals surface area contributed by atoms with Gasteiger partial charge in [0, 0.05) is 6.61 Å². The molecule has 0 saturated heterocycles. The van der Waals surface area contributed by atoms with Gasteiger partial charge in [0.1, 0.15) is 0 Å². The molecule has 0 spiro atoms. The van der Waals surface area contributed by atoms with Crippen molar-refractivity contribution in [2.45, 2.75) is 24.2 Å². The zero-order valence-electron chi connectivity index (χ0n) is 8.42. The topological polar surface area (TPSA) is 74.6 Å². The van der Waals surface area contributed by atoms with Crippen LogP contribution < -0.4 is 0 Å². The molecule has 0 aliphatic heterocycles. The van der Waals surface area contributed by atoms with E-state index in [1.807, 2.05) is 6.92 Å². The summed E-state index contributed by atoms with van der Waals surface area (Å²) in [6, 6.07) is 6.00. The van der Waals surface area contributed by atoms with Crippen molar-refractivity contribution < 1.29 is 18.1 Å². The zero-order chi connectivity index (χ0) is 11.5. The molecule has 0 aliphatic rings. The summed E-state index contributed by atoms with van der Waals surface area (Å²) >= 11 is 0. The molecule has 0 aliphatic carbocycles. The summed E-state index contributed by atoms with van der Waals surface area (Å²) in [6.45, 7) is 2.04. The van der Waals surface area contributed by atoms with Gasteiger partial charge in [-0.25, -0.2) is 0 Å². The van der Waals surface area contributed by atoms with E-state index in [4.69, 9.17) is 9.66 Å². The molecule has 5 heteroatoms. The minimum atomic E-state index is -4.11. The second-order valence-electron chi connectivity index (χ2n) is 3.46. The molecular formula is C10H14O4S. The number of aliphatic hydroxyl groups is 1. The molecule has 0 radical (unpaired) electrons. The van der Waals surface area contributed by atoms with Crippen LogP contribution in [0.4, 0.5) is 0 Å². The third kappa shape index (κ3) is 3.30. The van der Waals surface area contributed by atoms with E-state index in [0.29, 0.717) is 6.42 Å². The third-order valence-electron chi connectivity index (χ3n) is 2.31. The molecule has 0 amide bonds. The first-order valence-electron chi connectivity index (χ1n) is 4.63. The van der Waals surface area contributed by atoms with Crippen molar-refractivity contribution in [3.05, 3.63) is 29.8 Å². The van der Waals surface area contributed by atoms with Crippen molar-refractivity contribution in [2.75, 3.05) is 6.61 Å². The van der Waals surface area contributed by atoms with Crippen LogP contribution in [0.1, 0.15) is 24.8 Å². The Labute approximate surface area is 89.3 Å². The summed E-state index contributed by atoms with van der Waals surface area (Å²) in [5, 5.41) is 8.75. The van der Waals surface area contributed by atoms with Crippen LogP contribution >= 0.6 is 0 Å². The van der Waals surface area contributed by atoms with Gasteiger partial charge in [0.2, 0.25) is 0 Å². The molecule has 1 rings (SSSR count).